The van der Waals surface area contributed by atoms with Crippen LogP contribution < -0.4 is 5.73 Å². The second-order valence-electron chi connectivity index (χ2n) is 7.15. The number of rotatable bonds is 2. The first-order chi connectivity index (χ1) is 9.46. The fraction of sp³-hybridized carbons (Fsp3) is 0.750. The Morgan fingerprint density at radius 3 is 2.65 bits per heavy atom. The lowest BCUT2D eigenvalue weighted by atomic mass is 9.74. The fourth-order valence-corrected chi connectivity index (χ4v) is 3.79. The molecule has 1 aromatic rings. The number of hydrogen-bond donors (Lipinski definition) is 1. The Bertz CT molecular complexity index is 506. The van der Waals surface area contributed by atoms with Gasteiger partial charge in [0.2, 0.25) is 0 Å². The van der Waals surface area contributed by atoms with Gasteiger partial charge in [0, 0.05) is 30.6 Å². The molecule has 0 saturated heterocycles. The smallest absolute Gasteiger partial charge is 0.160 e. The first-order valence-corrected chi connectivity index (χ1v) is 7.63. The van der Waals surface area contributed by atoms with Crippen LogP contribution in [0.15, 0.2) is 6.20 Å². The number of methoxy groups -OCH3 is 1. The molecular weight excluding hydrogens is 250 g/mol. The molecule has 1 saturated carbocycles. The summed E-state index contributed by atoms with van der Waals surface area (Å²) >= 11 is 0. The van der Waals surface area contributed by atoms with Crippen molar-refractivity contribution in [1.29, 1.82) is 0 Å². The Morgan fingerprint density at radius 2 is 2.00 bits per heavy atom. The van der Waals surface area contributed by atoms with E-state index in [-0.39, 0.29) is 17.1 Å². The standard InChI is InChI=1S/C16H25N3O/c1-15(2)8-12(17)11-10-18-14(19-13(11)9-15)16(20-3)6-4-5-7-16/h10,12H,4-9,17H2,1-3H3. The van der Waals surface area contributed by atoms with Gasteiger partial charge in [-0.05, 0) is 43.9 Å². The summed E-state index contributed by atoms with van der Waals surface area (Å²) in [5.41, 5.74) is 8.48. The summed E-state index contributed by atoms with van der Waals surface area (Å²) in [4.78, 5) is 9.47. The molecule has 1 fully saturated rings. The first kappa shape index (κ1) is 14.0. The maximum atomic E-state index is 6.28. The lowest BCUT2D eigenvalue weighted by molar-refractivity contribution is -0.0167. The number of nitrogens with zero attached hydrogens (tertiary/aromatic N) is 2. The zero-order valence-corrected chi connectivity index (χ0v) is 12.8. The van der Waals surface area contributed by atoms with Crippen molar-refractivity contribution in [3.05, 3.63) is 23.3 Å². The van der Waals surface area contributed by atoms with Gasteiger partial charge in [-0.25, -0.2) is 9.97 Å². The summed E-state index contributed by atoms with van der Waals surface area (Å²) in [6.07, 6.45) is 8.36. The number of hydrogen-bond acceptors (Lipinski definition) is 4. The molecule has 4 heteroatoms. The molecule has 2 aliphatic carbocycles. The normalized spacial score (nSPS) is 27.3. The van der Waals surface area contributed by atoms with Crippen LogP contribution in [0.2, 0.25) is 0 Å². The van der Waals surface area contributed by atoms with Crippen LogP contribution in [-0.4, -0.2) is 17.1 Å². The molecule has 3 rings (SSSR count). The highest BCUT2D eigenvalue weighted by molar-refractivity contribution is 5.27. The minimum Gasteiger partial charge on any atom is -0.370 e. The summed E-state index contributed by atoms with van der Waals surface area (Å²) in [5.74, 6) is 0.862. The number of ether oxygens (including phenoxy) is 1. The largest absolute Gasteiger partial charge is 0.370 e. The van der Waals surface area contributed by atoms with E-state index in [0.29, 0.717) is 0 Å². The Morgan fingerprint density at radius 1 is 1.30 bits per heavy atom. The third kappa shape index (κ3) is 2.25. The van der Waals surface area contributed by atoms with E-state index in [9.17, 15) is 0 Å². The predicted octanol–water partition coefficient (Wildman–Crippen LogP) is 2.86. The van der Waals surface area contributed by atoms with Crippen LogP contribution in [0.25, 0.3) is 0 Å². The molecule has 110 valence electrons. The highest BCUT2D eigenvalue weighted by Crippen LogP contribution is 2.42. The van der Waals surface area contributed by atoms with Crippen molar-refractivity contribution in [2.45, 2.75) is 64.0 Å². The van der Waals surface area contributed by atoms with Gasteiger partial charge in [0.1, 0.15) is 5.60 Å². The molecule has 2 N–H and O–H groups in total. The van der Waals surface area contributed by atoms with E-state index in [1.807, 2.05) is 6.20 Å². The Labute approximate surface area is 121 Å². The van der Waals surface area contributed by atoms with Crippen LogP contribution in [0, 0.1) is 5.41 Å². The molecule has 1 aromatic heterocycles. The summed E-state index contributed by atoms with van der Waals surface area (Å²) in [7, 11) is 1.78. The van der Waals surface area contributed by atoms with Gasteiger partial charge in [0.15, 0.2) is 5.82 Å². The van der Waals surface area contributed by atoms with Crippen LogP contribution in [0.4, 0.5) is 0 Å². The van der Waals surface area contributed by atoms with E-state index >= 15 is 0 Å². The van der Waals surface area contributed by atoms with Crippen molar-refractivity contribution in [2.75, 3.05) is 7.11 Å². The molecule has 2 aliphatic rings. The Hall–Kier alpha value is -1.00. The van der Waals surface area contributed by atoms with Gasteiger partial charge in [-0.1, -0.05) is 13.8 Å². The van der Waals surface area contributed by atoms with Crippen molar-refractivity contribution >= 4 is 0 Å². The van der Waals surface area contributed by atoms with Crippen molar-refractivity contribution in [3.8, 4) is 0 Å². The summed E-state index contributed by atoms with van der Waals surface area (Å²) in [6.45, 7) is 4.53. The van der Waals surface area contributed by atoms with Crippen LogP contribution in [0.5, 0.6) is 0 Å². The lowest BCUT2D eigenvalue weighted by Gasteiger charge is -2.35. The number of nitrogens with two attached hydrogens (primary N) is 1. The molecule has 0 aromatic carbocycles. The minimum atomic E-state index is -0.263. The number of aromatic nitrogens is 2. The first-order valence-electron chi connectivity index (χ1n) is 7.63. The topological polar surface area (TPSA) is 61.0 Å². The van der Waals surface area contributed by atoms with Gasteiger partial charge in [-0.3, -0.25) is 0 Å². The van der Waals surface area contributed by atoms with E-state index in [2.05, 4.69) is 18.8 Å². The maximum absolute atomic E-state index is 6.28. The van der Waals surface area contributed by atoms with Crippen LogP contribution in [0.3, 0.4) is 0 Å². The van der Waals surface area contributed by atoms with Gasteiger partial charge < -0.3 is 10.5 Å². The summed E-state index contributed by atoms with van der Waals surface area (Å²) in [5, 5.41) is 0. The van der Waals surface area contributed by atoms with E-state index in [1.54, 1.807) is 7.11 Å². The average molecular weight is 275 g/mol. The fourth-order valence-electron chi connectivity index (χ4n) is 3.79. The monoisotopic (exact) mass is 275 g/mol. The average Bonchev–Trinajstić information content (AvgIpc) is 2.86. The van der Waals surface area contributed by atoms with E-state index < -0.39 is 0 Å². The number of fused-ring (bicyclic) bond motifs is 1. The van der Waals surface area contributed by atoms with Crippen LogP contribution in [0.1, 0.15) is 69.1 Å². The molecule has 0 aliphatic heterocycles. The van der Waals surface area contributed by atoms with Crippen molar-refractivity contribution < 1.29 is 4.74 Å². The van der Waals surface area contributed by atoms with Gasteiger partial charge in [0.05, 0.1) is 0 Å². The highest BCUT2D eigenvalue weighted by Gasteiger charge is 2.40. The van der Waals surface area contributed by atoms with Gasteiger partial charge >= 0.3 is 0 Å². The quantitative estimate of drug-likeness (QED) is 0.901. The summed E-state index contributed by atoms with van der Waals surface area (Å²) in [6, 6.07) is 0.0601. The third-order valence-electron chi connectivity index (χ3n) is 4.93. The van der Waals surface area contributed by atoms with Crippen molar-refractivity contribution in [2.24, 2.45) is 11.1 Å². The van der Waals surface area contributed by atoms with Gasteiger partial charge in [0.25, 0.3) is 0 Å². The zero-order chi connectivity index (χ0) is 14.4. The van der Waals surface area contributed by atoms with Crippen molar-refractivity contribution in [1.82, 2.24) is 9.97 Å². The minimum absolute atomic E-state index is 0.0601. The lowest BCUT2D eigenvalue weighted by Crippen LogP contribution is -2.33. The van der Waals surface area contributed by atoms with Gasteiger partial charge in [-0.15, -0.1) is 0 Å². The molecule has 0 amide bonds. The van der Waals surface area contributed by atoms with E-state index in [1.165, 1.54) is 12.8 Å². The third-order valence-corrected chi connectivity index (χ3v) is 4.93. The molecule has 0 bridgehead atoms. The Kier molecular flexibility index (Phi) is 3.33. The van der Waals surface area contributed by atoms with E-state index in [4.69, 9.17) is 15.5 Å². The SMILES string of the molecule is COC1(c2ncc3c(n2)CC(C)(C)CC3N)CCCC1. The molecule has 20 heavy (non-hydrogen) atoms. The molecule has 4 nitrogen and oxygen atoms in total. The Balaban J connectivity index is 2.00. The van der Waals surface area contributed by atoms with E-state index in [0.717, 1.165) is 42.8 Å². The van der Waals surface area contributed by atoms with Crippen LogP contribution >= 0.6 is 0 Å². The summed E-state index contributed by atoms with van der Waals surface area (Å²) < 4.78 is 5.80. The molecule has 0 radical (unpaired) electrons. The molecular formula is C16H25N3O. The second-order valence-corrected chi connectivity index (χ2v) is 7.15. The van der Waals surface area contributed by atoms with Crippen LogP contribution in [-0.2, 0) is 16.8 Å². The van der Waals surface area contributed by atoms with Gasteiger partial charge in [-0.2, -0.15) is 0 Å². The predicted molar refractivity (Wildman–Crippen MR) is 78.2 cm³/mol. The highest BCUT2D eigenvalue weighted by atomic mass is 16.5. The maximum Gasteiger partial charge on any atom is 0.160 e. The zero-order valence-electron chi connectivity index (χ0n) is 12.8. The molecule has 1 atom stereocenters. The van der Waals surface area contributed by atoms with Crippen molar-refractivity contribution in [3.63, 3.8) is 0 Å². The molecule has 1 unspecified atom stereocenters. The molecule has 0 spiro atoms. The molecule has 1 heterocycles. The second kappa shape index (κ2) is 4.78.